The van der Waals surface area contributed by atoms with Gasteiger partial charge in [-0.15, -0.1) is 11.3 Å². The lowest BCUT2D eigenvalue weighted by Crippen LogP contribution is -2.40. The Kier molecular flexibility index (Phi) is 5.53. The van der Waals surface area contributed by atoms with Crippen LogP contribution in [0.1, 0.15) is 37.8 Å². The molecule has 5 aromatic rings. The van der Waals surface area contributed by atoms with Gasteiger partial charge in [0.1, 0.15) is 11.2 Å². The van der Waals surface area contributed by atoms with Crippen LogP contribution in [0.5, 0.6) is 0 Å². The number of aromatic nitrogens is 4. The van der Waals surface area contributed by atoms with Crippen molar-refractivity contribution in [2.75, 3.05) is 0 Å². The van der Waals surface area contributed by atoms with Crippen molar-refractivity contribution in [3.05, 3.63) is 104 Å². The van der Waals surface area contributed by atoms with E-state index in [-0.39, 0.29) is 24.1 Å². The Hall–Kier alpha value is -3.78. The zero-order valence-electron chi connectivity index (χ0n) is 19.2. The molecule has 0 bridgehead atoms. The third-order valence-corrected chi connectivity index (χ3v) is 6.68. The highest BCUT2D eigenvalue weighted by atomic mass is 32.1. The normalized spacial score (nSPS) is 11.9. The quantitative estimate of drug-likeness (QED) is 0.371. The highest BCUT2D eigenvalue weighted by Gasteiger charge is 2.18. The van der Waals surface area contributed by atoms with Gasteiger partial charge in [0.2, 0.25) is 11.7 Å². The standard InChI is InChI=1S/C26H24N4O3S/c1-26(2,3)19-11-9-18(10-12-19)23-27-21(33-28-23)16-29-20-13-14-34-22(20)24(31)30(25(29)32)15-17-7-5-4-6-8-17/h4-14H,15-16H2,1-3H3. The molecule has 0 amide bonds. The molecule has 0 spiro atoms. The fourth-order valence-corrected chi connectivity index (χ4v) is 4.73. The molecule has 2 aromatic carbocycles. The maximum absolute atomic E-state index is 13.4. The second kappa shape index (κ2) is 8.53. The van der Waals surface area contributed by atoms with Gasteiger partial charge in [0.25, 0.3) is 5.56 Å². The van der Waals surface area contributed by atoms with Crippen molar-refractivity contribution in [3.8, 4) is 11.4 Å². The van der Waals surface area contributed by atoms with Gasteiger partial charge in [-0.3, -0.25) is 13.9 Å². The van der Waals surface area contributed by atoms with Crippen molar-refractivity contribution in [2.45, 2.75) is 39.3 Å². The van der Waals surface area contributed by atoms with Crippen LogP contribution in [0.4, 0.5) is 0 Å². The van der Waals surface area contributed by atoms with Gasteiger partial charge < -0.3 is 4.52 Å². The first-order valence-electron chi connectivity index (χ1n) is 11.0. The Morgan fingerprint density at radius 3 is 2.35 bits per heavy atom. The minimum Gasteiger partial charge on any atom is -0.337 e. The smallest absolute Gasteiger partial charge is 0.332 e. The summed E-state index contributed by atoms with van der Waals surface area (Å²) in [6.07, 6.45) is 0. The topological polar surface area (TPSA) is 82.9 Å². The highest BCUT2D eigenvalue weighted by Crippen LogP contribution is 2.25. The lowest BCUT2D eigenvalue weighted by atomic mass is 9.87. The summed E-state index contributed by atoms with van der Waals surface area (Å²) in [7, 11) is 0. The second-order valence-corrected chi connectivity index (χ2v) is 10.1. The van der Waals surface area contributed by atoms with Gasteiger partial charge in [-0.1, -0.05) is 80.5 Å². The SMILES string of the molecule is CC(C)(C)c1ccc(-c2noc(Cn3c(=O)n(Cc4ccccc4)c(=O)c4sccc43)n2)cc1. The molecule has 3 aromatic heterocycles. The average Bonchev–Trinajstić information content (AvgIpc) is 3.50. The van der Waals surface area contributed by atoms with Gasteiger partial charge in [0, 0.05) is 5.56 Å². The van der Waals surface area contributed by atoms with Crippen LogP contribution in [0.15, 0.2) is 80.2 Å². The Labute approximate surface area is 199 Å². The Morgan fingerprint density at radius 1 is 0.912 bits per heavy atom. The lowest BCUT2D eigenvalue weighted by Gasteiger charge is -2.18. The van der Waals surface area contributed by atoms with E-state index < -0.39 is 5.69 Å². The zero-order chi connectivity index (χ0) is 23.9. The van der Waals surface area contributed by atoms with Crippen molar-refractivity contribution in [1.29, 1.82) is 0 Å². The molecule has 0 aliphatic rings. The summed E-state index contributed by atoms with van der Waals surface area (Å²) in [5.74, 6) is 0.761. The van der Waals surface area contributed by atoms with E-state index in [0.717, 1.165) is 11.1 Å². The van der Waals surface area contributed by atoms with Crippen LogP contribution in [-0.4, -0.2) is 19.3 Å². The van der Waals surface area contributed by atoms with Gasteiger partial charge >= 0.3 is 5.69 Å². The molecular formula is C26H24N4O3S. The number of nitrogens with zero attached hydrogens (tertiary/aromatic N) is 4. The van der Waals surface area contributed by atoms with E-state index in [0.29, 0.717) is 21.9 Å². The van der Waals surface area contributed by atoms with Crippen molar-refractivity contribution in [2.24, 2.45) is 0 Å². The van der Waals surface area contributed by atoms with Gasteiger partial charge in [-0.05, 0) is 28.0 Å². The number of thiophene rings is 1. The van der Waals surface area contributed by atoms with E-state index in [1.807, 2.05) is 47.8 Å². The molecule has 0 radical (unpaired) electrons. The molecule has 0 aliphatic heterocycles. The summed E-state index contributed by atoms with van der Waals surface area (Å²) in [6.45, 7) is 6.76. The molecule has 172 valence electrons. The van der Waals surface area contributed by atoms with E-state index in [4.69, 9.17) is 4.52 Å². The van der Waals surface area contributed by atoms with Crippen LogP contribution in [0.2, 0.25) is 0 Å². The predicted octanol–water partition coefficient (Wildman–Crippen LogP) is 4.67. The molecule has 0 fully saturated rings. The molecule has 5 rings (SSSR count). The van der Waals surface area contributed by atoms with Crippen LogP contribution in [0.3, 0.4) is 0 Å². The number of fused-ring (bicyclic) bond motifs is 1. The summed E-state index contributed by atoms with van der Waals surface area (Å²) in [5, 5.41) is 5.92. The maximum Gasteiger partial charge on any atom is 0.332 e. The van der Waals surface area contributed by atoms with Crippen LogP contribution < -0.4 is 11.2 Å². The number of hydrogen-bond donors (Lipinski definition) is 0. The van der Waals surface area contributed by atoms with Crippen molar-refractivity contribution < 1.29 is 4.52 Å². The van der Waals surface area contributed by atoms with Crippen molar-refractivity contribution in [3.63, 3.8) is 0 Å². The second-order valence-electron chi connectivity index (χ2n) is 9.22. The fraction of sp³-hybridized carbons (Fsp3) is 0.231. The summed E-state index contributed by atoms with van der Waals surface area (Å²) < 4.78 is 8.79. The molecule has 8 heteroatoms. The number of benzene rings is 2. The third kappa shape index (κ3) is 4.12. The summed E-state index contributed by atoms with van der Waals surface area (Å²) >= 11 is 1.32. The van der Waals surface area contributed by atoms with E-state index >= 15 is 0 Å². The van der Waals surface area contributed by atoms with Crippen LogP contribution in [0, 0.1) is 0 Å². The average molecular weight is 473 g/mol. The first-order valence-corrected chi connectivity index (χ1v) is 11.9. The van der Waals surface area contributed by atoms with Crippen molar-refractivity contribution >= 4 is 21.6 Å². The molecule has 0 saturated heterocycles. The minimum absolute atomic E-state index is 0.0524. The highest BCUT2D eigenvalue weighted by molar-refractivity contribution is 7.17. The van der Waals surface area contributed by atoms with Crippen LogP contribution in [-0.2, 0) is 18.5 Å². The third-order valence-electron chi connectivity index (χ3n) is 5.79. The molecule has 34 heavy (non-hydrogen) atoms. The number of hydrogen-bond acceptors (Lipinski definition) is 6. The van der Waals surface area contributed by atoms with Crippen LogP contribution in [0.25, 0.3) is 21.6 Å². The predicted molar refractivity (Wildman–Crippen MR) is 133 cm³/mol. The van der Waals surface area contributed by atoms with Gasteiger partial charge in [-0.25, -0.2) is 4.79 Å². The molecule has 3 heterocycles. The summed E-state index contributed by atoms with van der Waals surface area (Å²) in [5.41, 5.74) is 2.85. The molecule has 0 N–H and O–H groups in total. The maximum atomic E-state index is 13.4. The molecule has 0 saturated carbocycles. The summed E-state index contributed by atoms with van der Waals surface area (Å²) in [4.78, 5) is 30.9. The Balaban J connectivity index is 1.50. The minimum atomic E-state index is -0.408. The monoisotopic (exact) mass is 472 g/mol. The van der Waals surface area contributed by atoms with E-state index in [9.17, 15) is 9.59 Å². The van der Waals surface area contributed by atoms with Gasteiger partial charge in [-0.2, -0.15) is 4.98 Å². The molecule has 0 atom stereocenters. The molecule has 0 aliphatic carbocycles. The van der Waals surface area contributed by atoms with Crippen molar-refractivity contribution in [1.82, 2.24) is 19.3 Å². The molecule has 7 nitrogen and oxygen atoms in total. The van der Waals surface area contributed by atoms with E-state index in [1.165, 1.54) is 26.0 Å². The lowest BCUT2D eigenvalue weighted by molar-refractivity contribution is 0.369. The van der Waals surface area contributed by atoms with Crippen LogP contribution >= 0.6 is 11.3 Å². The Bertz CT molecular complexity index is 1570. The van der Waals surface area contributed by atoms with E-state index in [2.05, 4.69) is 43.0 Å². The Morgan fingerprint density at radius 2 is 1.65 bits per heavy atom. The van der Waals surface area contributed by atoms with Gasteiger partial charge in [0.15, 0.2) is 0 Å². The fourth-order valence-electron chi connectivity index (χ4n) is 3.88. The zero-order valence-corrected chi connectivity index (χ0v) is 20.0. The van der Waals surface area contributed by atoms with E-state index in [1.54, 1.807) is 6.07 Å². The van der Waals surface area contributed by atoms with Gasteiger partial charge in [0.05, 0.1) is 12.1 Å². The summed E-state index contributed by atoms with van der Waals surface area (Å²) in [6, 6.07) is 19.3. The first kappa shape index (κ1) is 22.0. The first-order chi connectivity index (χ1) is 16.3. The largest absolute Gasteiger partial charge is 0.337 e. The number of rotatable bonds is 5. The molecule has 0 unspecified atom stereocenters. The molecular weight excluding hydrogens is 448 g/mol.